The van der Waals surface area contributed by atoms with Crippen molar-refractivity contribution < 1.29 is 4.74 Å². The second-order valence-electron chi connectivity index (χ2n) is 2.87. The van der Waals surface area contributed by atoms with Gasteiger partial charge in [-0.3, -0.25) is 15.4 Å². The van der Waals surface area contributed by atoms with Gasteiger partial charge in [0.15, 0.2) is 0 Å². The Hall–Kier alpha value is -2.88. The predicted octanol–water partition coefficient (Wildman–Crippen LogP) is 1.48. The molecular formula is C11H10N6O. The van der Waals surface area contributed by atoms with Gasteiger partial charge in [-0.1, -0.05) is 0 Å². The molecule has 2 aromatic rings. The minimum atomic E-state index is 0.0839. The summed E-state index contributed by atoms with van der Waals surface area (Å²) in [5.41, 5.74) is 1.07. The van der Waals surface area contributed by atoms with E-state index < -0.39 is 0 Å². The van der Waals surface area contributed by atoms with Crippen molar-refractivity contribution in [3.05, 3.63) is 54.4 Å². The van der Waals surface area contributed by atoms with Crippen LogP contribution in [0.4, 0.5) is 5.69 Å². The van der Waals surface area contributed by atoms with Gasteiger partial charge in [-0.15, -0.1) is 0 Å². The van der Waals surface area contributed by atoms with Gasteiger partial charge in [0.05, 0.1) is 19.2 Å². The molecule has 0 aliphatic heterocycles. The number of hydrogen-bond acceptors (Lipinski definition) is 6. The van der Waals surface area contributed by atoms with Gasteiger partial charge in [-0.25, -0.2) is 14.8 Å². The van der Waals surface area contributed by atoms with Crippen molar-refractivity contribution in [3.63, 3.8) is 0 Å². The fourth-order valence-corrected chi connectivity index (χ4v) is 0.883. The monoisotopic (exact) mass is 242 g/mol. The van der Waals surface area contributed by atoms with Crippen LogP contribution in [0.2, 0.25) is 0 Å². The molecule has 90 valence electrons. The minimum Gasteiger partial charge on any atom is -0.481 e. The Morgan fingerprint density at radius 3 is 2.00 bits per heavy atom. The van der Waals surface area contributed by atoms with Crippen LogP contribution in [-0.4, -0.2) is 32.9 Å². The summed E-state index contributed by atoms with van der Waals surface area (Å²) in [6.45, 7) is 6.49. The molecule has 0 atom stereocenters. The van der Waals surface area contributed by atoms with Crippen molar-refractivity contribution in [2.75, 3.05) is 7.11 Å². The van der Waals surface area contributed by atoms with E-state index in [1.165, 1.54) is 44.6 Å². The summed E-state index contributed by atoms with van der Waals surface area (Å²) in [5, 5.41) is 7.18. The first-order valence-electron chi connectivity index (χ1n) is 4.78. The molecule has 0 saturated heterocycles. The number of aromatic nitrogens is 4. The Kier molecular flexibility index (Phi) is 5.42. The SMILES string of the molecule is COC(=N)c1cncnc1.[C-]#[N+]c1cncnc1. The van der Waals surface area contributed by atoms with E-state index in [2.05, 4.69) is 29.5 Å². The van der Waals surface area contributed by atoms with Crippen LogP contribution in [0.25, 0.3) is 4.85 Å². The van der Waals surface area contributed by atoms with Crippen molar-refractivity contribution in [3.8, 4) is 0 Å². The summed E-state index contributed by atoms with van der Waals surface area (Å²) in [6.07, 6.45) is 8.80. The van der Waals surface area contributed by atoms with E-state index in [0.717, 1.165) is 0 Å². The molecule has 2 heterocycles. The maximum atomic E-state index is 7.18. The zero-order valence-corrected chi connectivity index (χ0v) is 9.61. The molecule has 2 aromatic heterocycles. The van der Waals surface area contributed by atoms with E-state index in [4.69, 9.17) is 12.0 Å². The normalized spacial score (nSPS) is 8.44. The number of nitrogens with zero attached hydrogens (tertiary/aromatic N) is 5. The zero-order chi connectivity index (χ0) is 13.2. The number of ether oxygens (including phenoxy) is 1. The molecule has 0 unspecified atom stereocenters. The third kappa shape index (κ3) is 4.32. The van der Waals surface area contributed by atoms with Crippen molar-refractivity contribution in [1.82, 2.24) is 19.9 Å². The van der Waals surface area contributed by atoms with Gasteiger partial charge in [0.1, 0.15) is 12.7 Å². The van der Waals surface area contributed by atoms with Crippen molar-refractivity contribution in [2.24, 2.45) is 0 Å². The summed E-state index contributed by atoms with van der Waals surface area (Å²) >= 11 is 0. The van der Waals surface area contributed by atoms with E-state index in [1.54, 1.807) is 0 Å². The average Bonchev–Trinajstić information content (AvgIpc) is 2.49. The molecule has 0 aromatic carbocycles. The van der Waals surface area contributed by atoms with E-state index >= 15 is 0 Å². The Labute approximate surface area is 104 Å². The van der Waals surface area contributed by atoms with Crippen molar-refractivity contribution in [1.29, 1.82) is 5.41 Å². The van der Waals surface area contributed by atoms with E-state index in [0.29, 0.717) is 11.3 Å². The highest BCUT2D eigenvalue weighted by Gasteiger charge is 1.97. The largest absolute Gasteiger partial charge is 0.481 e. The molecule has 0 saturated carbocycles. The predicted molar refractivity (Wildman–Crippen MR) is 64.2 cm³/mol. The van der Waals surface area contributed by atoms with Gasteiger partial charge >= 0.3 is 0 Å². The molecule has 0 radical (unpaired) electrons. The van der Waals surface area contributed by atoms with Crippen LogP contribution < -0.4 is 0 Å². The van der Waals surface area contributed by atoms with Gasteiger partial charge in [-0.05, 0) is 0 Å². The fraction of sp³-hybridized carbons (Fsp3) is 0.0909. The molecule has 0 amide bonds. The van der Waals surface area contributed by atoms with Crippen LogP contribution in [0.1, 0.15) is 5.56 Å². The van der Waals surface area contributed by atoms with Gasteiger partial charge in [0.2, 0.25) is 11.6 Å². The Morgan fingerprint density at radius 2 is 1.61 bits per heavy atom. The first-order valence-corrected chi connectivity index (χ1v) is 4.78. The molecule has 7 heteroatoms. The first-order chi connectivity index (χ1) is 8.77. The Bertz CT molecular complexity index is 522. The number of nitrogens with one attached hydrogen (secondary N) is 1. The van der Waals surface area contributed by atoms with Crippen LogP contribution in [0.5, 0.6) is 0 Å². The van der Waals surface area contributed by atoms with E-state index in [-0.39, 0.29) is 5.90 Å². The molecule has 0 aliphatic rings. The van der Waals surface area contributed by atoms with E-state index in [1.807, 2.05) is 0 Å². The Morgan fingerprint density at radius 1 is 1.11 bits per heavy atom. The summed E-state index contributed by atoms with van der Waals surface area (Å²) in [7, 11) is 1.44. The maximum absolute atomic E-state index is 7.18. The third-order valence-electron chi connectivity index (χ3n) is 1.70. The topological polar surface area (TPSA) is 89.0 Å². The lowest BCUT2D eigenvalue weighted by Gasteiger charge is -1.97. The minimum absolute atomic E-state index is 0.0839. The van der Waals surface area contributed by atoms with Crippen LogP contribution in [0, 0.1) is 12.0 Å². The lowest BCUT2D eigenvalue weighted by atomic mass is 10.3. The zero-order valence-electron chi connectivity index (χ0n) is 9.61. The van der Waals surface area contributed by atoms with Crippen LogP contribution >= 0.6 is 0 Å². The van der Waals surface area contributed by atoms with Gasteiger partial charge in [-0.2, -0.15) is 0 Å². The second-order valence-corrected chi connectivity index (χ2v) is 2.87. The summed E-state index contributed by atoms with van der Waals surface area (Å²) < 4.78 is 4.64. The molecule has 18 heavy (non-hydrogen) atoms. The Balaban J connectivity index is 0.000000184. The van der Waals surface area contributed by atoms with E-state index in [9.17, 15) is 0 Å². The first kappa shape index (κ1) is 13.2. The maximum Gasteiger partial charge on any atom is 0.222 e. The summed E-state index contributed by atoms with van der Waals surface area (Å²) in [6, 6.07) is 0. The highest BCUT2D eigenvalue weighted by Crippen LogP contribution is 2.02. The summed E-state index contributed by atoms with van der Waals surface area (Å²) in [5.74, 6) is 0.0839. The molecular weight excluding hydrogens is 232 g/mol. The molecule has 7 nitrogen and oxygen atoms in total. The molecule has 0 aliphatic carbocycles. The van der Waals surface area contributed by atoms with Crippen LogP contribution in [0.3, 0.4) is 0 Å². The molecule has 0 bridgehead atoms. The van der Waals surface area contributed by atoms with Crippen molar-refractivity contribution >= 4 is 11.6 Å². The highest BCUT2D eigenvalue weighted by atomic mass is 16.5. The molecule has 1 N–H and O–H groups in total. The molecule has 0 fully saturated rings. The standard InChI is InChI=1S/C6H7N3O.C5H3N3/c1-10-6(7)5-2-8-4-9-3-5;1-6-5-2-7-4-8-3-5/h2-4,7H,1H3;2-4H. The lowest BCUT2D eigenvalue weighted by molar-refractivity contribution is 0.401. The number of rotatable bonds is 1. The smallest absolute Gasteiger partial charge is 0.222 e. The van der Waals surface area contributed by atoms with Crippen molar-refractivity contribution in [2.45, 2.75) is 0 Å². The van der Waals surface area contributed by atoms with Crippen LogP contribution in [-0.2, 0) is 4.74 Å². The average molecular weight is 242 g/mol. The molecule has 0 spiro atoms. The fourth-order valence-electron chi connectivity index (χ4n) is 0.883. The quantitative estimate of drug-likeness (QED) is 0.464. The second kappa shape index (κ2) is 7.40. The summed E-state index contributed by atoms with van der Waals surface area (Å²) in [4.78, 5) is 17.8. The number of hydrogen-bond donors (Lipinski definition) is 1. The third-order valence-corrected chi connectivity index (χ3v) is 1.70. The number of methoxy groups -OCH3 is 1. The van der Waals surface area contributed by atoms with Gasteiger partial charge < -0.3 is 4.74 Å². The van der Waals surface area contributed by atoms with Crippen LogP contribution in [0.15, 0.2) is 37.4 Å². The van der Waals surface area contributed by atoms with Gasteiger partial charge in [0, 0.05) is 24.8 Å². The lowest BCUT2D eigenvalue weighted by Crippen LogP contribution is -2.01. The highest BCUT2D eigenvalue weighted by molar-refractivity contribution is 5.90. The molecule has 2 rings (SSSR count). The van der Waals surface area contributed by atoms with Gasteiger partial charge in [0.25, 0.3) is 0 Å².